The topological polar surface area (TPSA) is 97.8 Å². The van der Waals surface area contributed by atoms with Crippen molar-refractivity contribution in [2.45, 2.75) is 6.54 Å². The summed E-state index contributed by atoms with van der Waals surface area (Å²) in [5.41, 5.74) is 2.36. The molecule has 9 nitrogen and oxygen atoms in total. The first-order chi connectivity index (χ1) is 18.0. The molecule has 0 aliphatic carbocycles. The molecule has 1 N–H and O–H groups in total. The second-order valence-electron chi connectivity index (χ2n) is 8.40. The first-order valence-corrected chi connectivity index (χ1v) is 11.8. The summed E-state index contributed by atoms with van der Waals surface area (Å²) in [5, 5.41) is 10.0. The number of ether oxygens (including phenoxy) is 4. The number of methoxy groups -OCH3 is 3. The molecule has 1 fully saturated rings. The Morgan fingerprint density at radius 1 is 0.919 bits per heavy atom. The number of aromatic carboxylic acids is 1. The lowest BCUT2D eigenvalue weighted by Gasteiger charge is -2.31. The second kappa shape index (κ2) is 11.7. The molecular formula is C28H30N2O7. The van der Waals surface area contributed by atoms with E-state index in [0.717, 1.165) is 0 Å². The quantitative estimate of drug-likeness (QED) is 0.464. The predicted octanol–water partition coefficient (Wildman–Crippen LogP) is 4.09. The third-order valence-electron chi connectivity index (χ3n) is 6.21. The molecule has 0 atom stereocenters. The second-order valence-corrected chi connectivity index (χ2v) is 8.40. The van der Waals surface area contributed by atoms with Crippen molar-refractivity contribution in [1.82, 2.24) is 0 Å². The molecule has 3 aromatic rings. The molecule has 1 aliphatic heterocycles. The van der Waals surface area contributed by atoms with Gasteiger partial charge in [0, 0.05) is 24.3 Å². The van der Waals surface area contributed by atoms with Crippen LogP contribution in [0.4, 0.5) is 11.4 Å². The highest BCUT2D eigenvalue weighted by atomic mass is 16.5. The van der Waals surface area contributed by atoms with Crippen LogP contribution >= 0.6 is 0 Å². The summed E-state index contributed by atoms with van der Waals surface area (Å²) in [6, 6.07) is 17.5. The maximum Gasteiger partial charge on any atom is 0.337 e. The maximum atomic E-state index is 13.7. The van der Waals surface area contributed by atoms with Gasteiger partial charge in [-0.05, 0) is 48.0 Å². The third-order valence-corrected chi connectivity index (χ3v) is 6.21. The van der Waals surface area contributed by atoms with E-state index in [2.05, 4.69) is 0 Å². The van der Waals surface area contributed by atoms with Gasteiger partial charge in [-0.1, -0.05) is 18.2 Å². The van der Waals surface area contributed by atoms with Crippen molar-refractivity contribution in [1.29, 1.82) is 0 Å². The van der Waals surface area contributed by atoms with Crippen LogP contribution in [0, 0.1) is 0 Å². The summed E-state index contributed by atoms with van der Waals surface area (Å²) in [4.78, 5) is 29.5. The Morgan fingerprint density at radius 2 is 1.57 bits per heavy atom. The molecule has 1 aliphatic rings. The molecule has 0 saturated carbocycles. The van der Waals surface area contributed by atoms with Gasteiger partial charge in [-0.2, -0.15) is 0 Å². The van der Waals surface area contributed by atoms with E-state index in [9.17, 15) is 14.7 Å². The third kappa shape index (κ3) is 5.62. The summed E-state index contributed by atoms with van der Waals surface area (Å²) >= 11 is 0. The van der Waals surface area contributed by atoms with Gasteiger partial charge in [-0.25, -0.2) is 4.79 Å². The van der Waals surface area contributed by atoms with Gasteiger partial charge in [-0.15, -0.1) is 0 Å². The summed E-state index contributed by atoms with van der Waals surface area (Å²) in [5.74, 6) is 0.0152. The van der Waals surface area contributed by atoms with Gasteiger partial charge in [0.25, 0.3) is 5.91 Å². The monoisotopic (exact) mass is 506 g/mol. The molecule has 4 rings (SSSR count). The van der Waals surface area contributed by atoms with Gasteiger partial charge in [-0.3, -0.25) is 4.79 Å². The van der Waals surface area contributed by atoms with Gasteiger partial charge < -0.3 is 33.9 Å². The van der Waals surface area contributed by atoms with E-state index in [-0.39, 0.29) is 18.0 Å². The highest BCUT2D eigenvalue weighted by Gasteiger charge is 2.24. The number of rotatable bonds is 9. The average Bonchev–Trinajstić information content (AvgIpc) is 2.95. The predicted molar refractivity (Wildman–Crippen MR) is 139 cm³/mol. The Morgan fingerprint density at radius 3 is 2.14 bits per heavy atom. The maximum absolute atomic E-state index is 13.7. The largest absolute Gasteiger partial charge is 0.493 e. The van der Waals surface area contributed by atoms with Crippen molar-refractivity contribution in [3.05, 3.63) is 77.4 Å². The molecule has 0 unspecified atom stereocenters. The minimum absolute atomic E-state index is 0.121. The fourth-order valence-electron chi connectivity index (χ4n) is 4.37. The number of anilines is 2. The summed E-state index contributed by atoms with van der Waals surface area (Å²) < 4.78 is 21.8. The molecule has 1 saturated heterocycles. The number of amides is 1. The molecule has 3 aromatic carbocycles. The molecule has 1 heterocycles. The van der Waals surface area contributed by atoms with Crippen molar-refractivity contribution in [2.75, 3.05) is 57.4 Å². The van der Waals surface area contributed by atoms with Crippen molar-refractivity contribution in [2.24, 2.45) is 0 Å². The Balaban J connectivity index is 1.79. The van der Waals surface area contributed by atoms with Crippen LogP contribution in [0.1, 0.15) is 26.3 Å². The molecule has 0 aromatic heterocycles. The highest BCUT2D eigenvalue weighted by molar-refractivity contribution is 6.07. The lowest BCUT2D eigenvalue weighted by Crippen LogP contribution is -2.37. The van der Waals surface area contributed by atoms with Crippen molar-refractivity contribution in [3.63, 3.8) is 0 Å². The van der Waals surface area contributed by atoms with Crippen LogP contribution < -0.4 is 24.0 Å². The fraction of sp³-hybridized carbons (Fsp3) is 0.286. The van der Waals surface area contributed by atoms with Crippen molar-refractivity contribution in [3.8, 4) is 17.2 Å². The van der Waals surface area contributed by atoms with E-state index in [0.29, 0.717) is 66.1 Å². The van der Waals surface area contributed by atoms with Gasteiger partial charge in [0.05, 0.1) is 52.3 Å². The zero-order valence-corrected chi connectivity index (χ0v) is 21.1. The van der Waals surface area contributed by atoms with E-state index in [1.807, 2.05) is 11.0 Å². The number of nitrogens with zero attached hydrogens (tertiary/aromatic N) is 2. The number of hydrogen-bond acceptors (Lipinski definition) is 7. The van der Waals surface area contributed by atoms with Crippen LogP contribution in [-0.2, 0) is 11.3 Å². The fourth-order valence-corrected chi connectivity index (χ4v) is 4.37. The first kappa shape index (κ1) is 25.8. The molecule has 0 bridgehead atoms. The normalized spacial score (nSPS) is 13.1. The molecule has 0 spiro atoms. The minimum atomic E-state index is -1.07. The number of carbonyl (C=O) groups excluding carboxylic acids is 1. The smallest absolute Gasteiger partial charge is 0.337 e. The standard InChI is InChI=1S/C28H30N2O7/c1-34-24-15-19(16-25(35-2)26(24)36-3)18-30(27(31)20-7-5-4-6-8-20)21-9-10-23(22(17-21)28(32)33)29-11-13-37-14-12-29/h4-10,15-17H,11-14,18H2,1-3H3,(H,32,33). The Labute approximate surface area is 215 Å². The molecule has 0 radical (unpaired) electrons. The summed E-state index contributed by atoms with van der Waals surface area (Å²) in [6.07, 6.45) is 0. The molecular weight excluding hydrogens is 476 g/mol. The molecule has 9 heteroatoms. The SMILES string of the molecule is COc1cc(CN(C(=O)c2ccccc2)c2ccc(N3CCOCC3)c(C(=O)O)c2)cc(OC)c1OC. The number of carbonyl (C=O) groups is 2. The van der Waals surface area contributed by atoms with E-state index < -0.39 is 5.97 Å². The van der Waals surface area contributed by atoms with Gasteiger partial charge in [0.15, 0.2) is 11.5 Å². The van der Waals surface area contributed by atoms with E-state index in [4.69, 9.17) is 18.9 Å². The van der Waals surface area contributed by atoms with E-state index in [1.54, 1.807) is 59.5 Å². The van der Waals surface area contributed by atoms with Gasteiger partial charge in [0.1, 0.15) is 0 Å². The van der Waals surface area contributed by atoms with Crippen LogP contribution in [0.25, 0.3) is 0 Å². The number of benzene rings is 3. The van der Waals surface area contributed by atoms with Crippen LogP contribution in [0.5, 0.6) is 17.2 Å². The van der Waals surface area contributed by atoms with E-state index in [1.165, 1.54) is 21.3 Å². The lowest BCUT2D eigenvalue weighted by atomic mass is 10.1. The van der Waals surface area contributed by atoms with Crippen LogP contribution in [0.2, 0.25) is 0 Å². The average molecular weight is 507 g/mol. The Kier molecular flexibility index (Phi) is 8.15. The Bertz CT molecular complexity index is 1230. The minimum Gasteiger partial charge on any atom is -0.493 e. The molecule has 194 valence electrons. The lowest BCUT2D eigenvalue weighted by molar-refractivity contribution is 0.0696. The molecule has 37 heavy (non-hydrogen) atoms. The summed E-state index contributed by atoms with van der Waals surface area (Å²) in [7, 11) is 4.57. The Hall–Kier alpha value is -4.24. The number of morpholine rings is 1. The van der Waals surface area contributed by atoms with Gasteiger partial charge >= 0.3 is 5.97 Å². The zero-order valence-electron chi connectivity index (χ0n) is 21.1. The van der Waals surface area contributed by atoms with Crippen LogP contribution in [0.15, 0.2) is 60.7 Å². The summed E-state index contributed by atoms with van der Waals surface area (Å²) in [6.45, 7) is 2.39. The highest BCUT2D eigenvalue weighted by Crippen LogP contribution is 2.39. The first-order valence-electron chi connectivity index (χ1n) is 11.8. The van der Waals surface area contributed by atoms with Crippen LogP contribution in [0.3, 0.4) is 0 Å². The van der Waals surface area contributed by atoms with Gasteiger partial charge in [0.2, 0.25) is 5.75 Å². The van der Waals surface area contributed by atoms with Crippen LogP contribution in [-0.4, -0.2) is 64.6 Å². The number of carboxylic acids is 1. The van der Waals surface area contributed by atoms with E-state index >= 15 is 0 Å². The van der Waals surface area contributed by atoms with Crippen molar-refractivity contribution < 1.29 is 33.6 Å². The van der Waals surface area contributed by atoms with Crippen molar-refractivity contribution >= 4 is 23.3 Å². The zero-order chi connectivity index (χ0) is 26.4. The molecule has 1 amide bonds. The number of hydrogen-bond donors (Lipinski definition) is 1. The number of carboxylic acid groups (broad SMARTS) is 1.